The molecule has 4 heterocycles. The molecular formula is C64H40N4O8. The van der Waals surface area contributed by atoms with Crippen LogP contribution in [0.5, 0.6) is 0 Å². The number of nitrogens with one attached hydrogen (secondary N) is 4. The lowest BCUT2D eigenvalue weighted by molar-refractivity contribution is 0.0686. The van der Waals surface area contributed by atoms with Gasteiger partial charge in [0.25, 0.3) is 0 Å². The maximum absolute atomic E-state index is 12.4. The second-order valence-corrected chi connectivity index (χ2v) is 18.7. The van der Waals surface area contributed by atoms with Crippen molar-refractivity contribution in [2.24, 2.45) is 0 Å². The highest BCUT2D eigenvalue weighted by Gasteiger charge is 2.27. The Morgan fingerprint density at radius 3 is 0.605 bits per heavy atom. The lowest BCUT2D eigenvalue weighted by atomic mass is 9.95. The van der Waals surface area contributed by atoms with E-state index in [4.69, 9.17) is 0 Å². The van der Waals surface area contributed by atoms with Gasteiger partial charge in [-0.25, -0.2) is 19.2 Å². The van der Waals surface area contributed by atoms with Gasteiger partial charge >= 0.3 is 23.9 Å². The Labute approximate surface area is 429 Å². The third-order valence-electron chi connectivity index (χ3n) is 14.5. The van der Waals surface area contributed by atoms with Crippen LogP contribution in [0, 0.1) is 0 Å². The maximum atomic E-state index is 12.4. The molecule has 0 aliphatic heterocycles. The Bertz CT molecular complexity index is 4130. The zero-order chi connectivity index (χ0) is 51.9. The summed E-state index contributed by atoms with van der Waals surface area (Å²) in [6, 6.07) is 59.3. The van der Waals surface area contributed by atoms with E-state index >= 15 is 0 Å². The molecule has 1 aliphatic rings. The number of carbonyl (C=O) groups is 4. The molecule has 0 atom stereocenters. The fourth-order valence-corrected chi connectivity index (χ4v) is 11.1. The lowest BCUT2D eigenvalue weighted by Gasteiger charge is -2.11. The normalized spacial score (nSPS) is 12.5. The highest BCUT2D eigenvalue weighted by atomic mass is 16.4. The summed E-state index contributed by atoms with van der Waals surface area (Å²) >= 11 is 0. The van der Waals surface area contributed by atoms with Crippen molar-refractivity contribution in [1.29, 1.82) is 0 Å². The topological polar surface area (TPSA) is 212 Å². The summed E-state index contributed by atoms with van der Waals surface area (Å²) in [6.45, 7) is 0. The molecule has 12 nitrogen and oxygen atoms in total. The van der Waals surface area contributed by atoms with E-state index in [2.05, 4.69) is 19.9 Å². The van der Waals surface area contributed by atoms with E-state index in [0.29, 0.717) is 66.4 Å². The van der Waals surface area contributed by atoms with Gasteiger partial charge < -0.3 is 40.4 Å². The molecule has 0 radical (unpaired) electrons. The highest BCUT2D eigenvalue weighted by Crippen LogP contribution is 2.38. The standard InChI is InChI=1S/C64H40N4O8/c69-61(70)37-25-17-33(18-26-37)49-53-41-9-1-2-10-42(41)54(65-53)50(34-19-27-38(28-20-34)62(71)72)56-45-13-5-6-14-46(45)58(67-56)52(36-23-31-40(32-24-36)64(75)76)60-48-16-8-7-15-47(48)59(68-60)51(35-21-29-39(30-22-35)63(73)74)57-44-12-4-3-11-43(44)55(49)66-57/h1-32,65-68H,(H,69,70)(H,71,72)(H,73,74)(H,75,76). The number of hydrogen-bond donors (Lipinski definition) is 8. The molecule has 12 heteroatoms. The van der Waals surface area contributed by atoms with Gasteiger partial charge in [-0.3, -0.25) is 0 Å². The van der Waals surface area contributed by atoms with E-state index in [1.54, 1.807) is 48.5 Å². The molecule has 12 aromatic rings. The molecule has 0 saturated carbocycles. The average Bonchev–Trinajstić information content (AvgIpc) is 4.28. The van der Waals surface area contributed by atoms with Gasteiger partial charge in [-0.05, 0) is 70.8 Å². The van der Waals surface area contributed by atoms with Crippen LogP contribution in [-0.4, -0.2) is 64.2 Å². The number of carboxylic acids is 4. The van der Waals surface area contributed by atoms with Crippen molar-refractivity contribution in [3.05, 3.63) is 283 Å². The Hall–Kier alpha value is -10.7. The molecule has 364 valence electrons. The SMILES string of the molecule is O=C(O)c1ccc(C2=c3[nH]c(c4ccccc34)=C(c3ccc(C(=O)O)cc3)c3[nH]c(c4ccccc34)C(c3ccc(C(=O)O)cc3)=c3[nH]c(c4ccccc34)=C(c3ccc(C(=O)O)cc3)c3[nH]c2c2ccccc32)cc1. The second kappa shape index (κ2) is 17.5. The third kappa shape index (κ3) is 7.15. The molecule has 8 N–H and O–H groups in total. The molecule has 0 spiro atoms. The van der Waals surface area contributed by atoms with Gasteiger partial charge in [-0.2, -0.15) is 0 Å². The molecule has 0 fully saturated rings. The van der Waals surface area contributed by atoms with E-state index < -0.39 is 23.9 Å². The number of aromatic nitrogens is 4. The molecule has 4 aromatic heterocycles. The van der Waals surface area contributed by atoms with Crippen LogP contribution < -0.4 is 21.4 Å². The Morgan fingerprint density at radius 1 is 0.237 bits per heavy atom. The predicted molar refractivity (Wildman–Crippen MR) is 292 cm³/mol. The van der Waals surface area contributed by atoms with Crippen molar-refractivity contribution in [3.8, 4) is 0 Å². The smallest absolute Gasteiger partial charge is 0.335 e. The van der Waals surface area contributed by atoms with E-state index in [-0.39, 0.29) is 22.3 Å². The van der Waals surface area contributed by atoms with E-state index in [0.717, 1.165) is 65.4 Å². The van der Waals surface area contributed by atoms with Crippen LogP contribution in [0.3, 0.4) is 0 Å². The summed E-state index contributed by atoms with van der Waals surface area (Å²) in [4.78, 5) is 65.3. The van der Waals surface area contributed by atoms with Crippen LogP contribution in [0.15, 0.2) is 194 Å². The van der Waals surface area contributed by atoms with Gasteiger partial charge in [-0.1, -0.05) is 146 Å². The van der Waals surface area contributed by atoms with Crippen LogP contribution in [0.25, 0.3) is 65.4 Å². The van der Waals surface area contributed by atoms with E-state index in [1.165, 1.54) is 0 Å². The number of H-pyrrole nitrogens is 4. The summed E-state index contributed by atoms with van der Waals surface area (Å²) in [5.74, 6) is -4.26. The first-order chi connectivity index (χ1) is 37.0. The summed E-state index contributed by atoms with van der Waals surface area (Å²) in [7, 11) is 0. The van der Waals surface area contributed by atoms with E-state index in [1.807, 2.05) is 146 Å². The first kappa shape index (κ1) is 45.2. The first-order valence-corrected chi connectivity index (χ1v) is 24.3. The quantitative estimate of drug-likeness (QED) is 0.0733. The zero-order valence-electron chi connectivity index (χ0n) is 39.9. The van der Waals surface area contributed by atoms with Crippen LogP contribution in [0.2, 0.25) is 0 Å². The minimum Gasteiger partial charge on any atom is -0.478 e. The number of aromatic carboxylic acids is 4. The van der Waals surface area contributed by atoms with E-state index in [9.17, 15) is 39.6 Å². The van der Waals surface area contributed by atoms with Gasteiger partial charge in [0.2, 0.25) is 0 Å². The molecule has 8 bridgehead atoms. The van der Waals surface area contributed by atoms with Crippen molar-refractivity contribution in [1.82, 2.24) is 19.9 Å². The Morgan fingerprint density at radius 2 is 0.421 bits per heavy atom. The number of rotatable bonds is 8. The predicted octanol–water partition coefficient (Wildman–Crippen LogP) is 9.71. The summed E-state index contributed by atoms with van der Waals surface area (Å²) in [5.41, 5.74) is 9.03. The lowest BCUT2D eigenvalue weighted by Crippen LogP contribution is -2.19. The van der Waals surface area contributed by atoms with Crippen LogP contribution in [0.4, 0.5) is 0 Å². The fraction of sp³-hybridized carbons (Fsp3) is 0. The van der Waals surface area contributed by atoms with Crippen molar-refractivity contribution in [2.45, 2.75) is 0 Å². The van der Waals surface area contributed by atoms with Crippen LogP contribution in [-0.2, 0) is 0 Å². The molecule has 8 aromatic carbocycles. The summed E-state index contributed by atoms with van der Waals surface area (Å²) < 4.78 is 0. The molecule has 76 heavy (non-hydrogen) atoms. The Balaban J connectivity index is 1.33. The van der Waals surface area contributed by atoms with Gasteiger partial charge in [0, 0.05) is 65.4 Å². The zero-order valence-corrected chi connectivity index (χ0v) is 39.9. The number of hydrogen-bond acceptors (Lipinski definition) is 4. The Kier molecular flexibility index (Phi) is 10.4. The summed E-state index contributed by atoms with van der Waals surface area (Å²) in [6.07, 6.45) is 0. The van der Waals surface area contributed by atoms with Crippen molar-refractivity contribution < 1.29 is 39.6 Å². The number of aromatic amines is 4. The van der Waals surface area contributed by atoms with Crippen molar-refractivity contribution >= 4 is 89.3 Å². The molecule has 0 saturated heterocycles. The minimum absolute atomic E-state index is 0.116. The molecule has 1 aliphatic carbocycles. The maximum Gasteiger partial charge on any atom is 0.335 e. The molecular weight excluding hydrogens is 953 g/mol. The van der Waals surface area contributed by atoms with Crippen LogP contribution in [0.1, 0.15) is 86.5 Å². The first-order valence-electron chi connectivity index (χ1n) is 24.3. The van der Waals surface area contributed by atoms with Crippen molar-refractivity contribution in [2.75, 3.05) is 0 Å². The largest absolute Gasteiger partial charge is 0.478 e. The minimum atomic E-state index is -1.07. The second-order valence-electron chi connectivity index (χ2n) is 18.7. The average molecular weight is 993 g/mol. The monoisotopic (exact) mass is 992 g/mol. The van der Waals surface area contributed by atoms with Gasteiger partial charge in [0.05, 0.1) is 66.4 Å². The highest BCUT2D eigenvalue weighted by molar-refractivity contribution is 6.09. The molecule has 0 unspecified atom stereocenters. The third-order valence-corrected chi connectivity index (χ3v) is 14.5. The number of carboxylic acid groups (broad SMARTS) is 4. The molecule has 13 rings (SSSR count). The van der Waals surface area contributed by atoms with Gasteiger partial charge in [0.1, 0.15) is 0 Å². The molecule has 0 amide bonds. The summed E-state index contributed by atoms with van der Waals surface area (Å²) in [5, 5.41) is 50.0. The number of benzene rings is 8. The van der Waals surface area contributed by atoms with Crippen molar-refractivity contribution in [3.63, 3.8) is 0 Å². The fourth-order valence-electron chi connectivity index (χ4n) is 11.1. The van der Waals surface area contributed by atoms with Crippen LogP contribution >= 0.6 is 0 Å². The van der Waals surface area contributed by atoms with Gasteiger partial charge in [0.15, 0.2) is 0 Å². The van der Waals surface area contributed by atoms with Gasteiger partial charge in [-0.15, -0.1) is 0 Å².